The number of carbonyl (C=O) groups is 1. The van der Waals surface area contributed by atoms with Gasteiger partial charge in [0.15, 0.2) is 0 Å². The lowest BCUT2D eigenvalue weighted by Gasteiger charge is -2.37. The zero-order valence-corrected chi connectivity index (χ0v) is 20.5. The monoisotopic (exact) mass is 508 g/mol. The highest BCUT2D eigenvalue weighted by Crippen LogP contribution is 2.35. The predicted molar refractivity (Wildman–Crippen MR) is 133 cm³/mol. The molecule has 3 atom stereocenters. The smallest absolute Gasteiger partial charge is 0.220 e. The Bertz CT molecular complexity index is 1100. The number of hydrogen-bond acceptors (Lipinski definition) is 6. The van der Waals surface area contributed by atoms with E-state index in [1.165, 1.54) is 16.7 Å². The largest absolute Gasteiger partial charge is 0.352 e. The van der Waals surface area contributed by atoms with Crippen molar-refractivity contribution in [1.82, 2.24) is 26.1 Å². The molecular formula is C25H29BrN6O. The summed E-state index contributed by atoms with van der Waals surface area (Å²) >= 11 is 3.43. The molecule has 0 spiro atoms. The molecule has 0 radical (unpaired) electrons. The van der Waals surface area contributed by atoms with Crippen LogP contribution in [0.25, 0.3) is 0 Å². The third-order valence-corrected chi connectivity index (χ3v) is 7.13. The first kappa shape index (κ1) is 22.0. The van der Waals surface area contributed by atoms with Crippen LogP contribution in [-0.2, 0) is 11.3 Å². The first-order valence-electron chi connectivity index (χ1n) is 11.4. The van der Waals surface area contributed by atoms with Crippen LogP contribution in [-0.4, -0.2) is 33.9 Å². The molecule has 3 N–H and O–H groups in total. The first-order valence-corrected chi connectivity index (χ1v) is 12.2. The van der Waals surface area contributed by atoms with Gasteiger partial charge in [-0.05, 0) is 49.1 Å². The number of hydrogen-bond donors (Lipinski definition) is 3. The number of rotatable bonds is 6. The highest BCUT2D eigenvalue weighted by Gasteiger charge is 2.44. The van der Waals surface area contributed by atoms with Crippen LogP contribution in [0.3, 0.4) is 0 Å². The number of fused-ring (bicyclic) bond motifs is 3. The molecule has 7 nitrogen and oxygen atoms in total. The van der Waals surface area contributed by atoms with Gasteiger partial charge in [-0.2, -0.15) is 5.10 Å². The molecule has 1 amide bonds. The van der Waals surface area contributed by atoms with Crippen molar-refractivity contribution in [2.75, 3.05) is 0 Å². The zero-order chi connectivity index (χ0) is 22.9. The fourth-order valence-electron chi connectivity index (χ4n) is 4.77. The van der Waals surface area contributed by atoms with Crippen molar-refractivity contribution in [3.05, 3.63) is 81.6 Å². The summed E-state index contributed by atoms with van der Waals surface area (Å²) in [6, 6.07) is 15.1. The standard InChI is InChI=1S/C25H29BrN6O/c1-16-3-4-17(2)20(13-16)21-14-22-25-29-28-23(31(25)11-12-32(22)30-21)9-10-24(33)27-15-18-5-7-19(26)8-6-18/h3-8,11-13,21-22,25,29-30H,9-10,14-15H2,1-2H3,(H,27,33). The number of carbonyl (C=O) groups excluding carboxylic acids is 1. The fraction of sp³-hybridized carbons (Fsp3) is 0.360. The number of halogens is 1. The van der Waals surface area contributed by atoms with E-state index in [-0.39, 0.29) is 24.2 Å². The van der Waals surface area contributed by atoms with Crippen LogP contribution in [0.1, 0.15) is 47.6 Å². The second kappa shape index (κ2) is 9.19. The van der Waals surface area contributed by atoms with E-state index in [0.717, 1.165) is 22.3 Å². The van der Waals surface area contributed by atoms with E-state index in [0.29, 0.717) is 19.4 Å². The van der Waals surface area contributed by atoms with E-state index in [4.69, 9.17) is 0 Å². The Morgan fingerprint density at radius 3 is 2.82 bits per heavy atom. The van der Waals surface area contributed by atoms with Gasteiger partial charge < -0.3 is 15.2 Å². The Kier molecular flexibility index (Phi) is 6.12. The number of nitrogens with one attached hydrogen (secondary N) is 3. The third kappa shape index (κ3) is 4.63. The molecule has 5 rings (SSSR count). The van der Waals surface area contributed by atoms with Gasteiger partial charge in [0.05, 0.1) is 12.1 Å². The van der Waals surface area contributed by atoms with Gasteiger partial charge in [0, 0.05) is 36.3 Å². The predicted octanol–water partition coefficient (Wildman–Crippen LogP) is 3.81. The average Bonchev–Trinajstić information content (AvgIpc) is 3.42. The molecule has 1 fully saturated rings. The summed E-state index contributed by atoms with van der Waals surface area (Å²) in [5, 5.41) is 9.77. The van der Waals surface area contributed by atoms with Crippen molar-refractivity contribution in [2.45, 2.75) is 57.9 Å². The van der Waals surface area contributed by atoms with E-state index in [9.17, 15) is 4.79 Å². The van der Waals surface area contributed by atoms with E-state index >= 15 is 0 Å². The quantitative estimate of drug-likeness (QED) is 0.553. The van der Waals surface area contributed by atoms with Crippen molar-refractivity contribution in [3.8, 4) is 0 Å². The van der Waals surface area contributed by atoms with Crippen LogP contribution in [0.5, 0.6) is 0 Å². The van der Waals surface area contributed by atoms with Crippen LogP contribution in [0.4, 0.5) is 0 Å². The number of amidine groups is 1. The minimum atomic E-state index is 0.0317. The maximum absolute atomic E-state index is 12.4. The number of hydrazone groups is 1. The summed E-state index contributed by atoms with van der Waals surface area (Å²) in [5.41, 5.74) is 12.0. The molecule has 8 heteroatoms. The molecule has 2 aromatic rings. The second-order valence-electron chi connectivity index (χ2n) is 8.96. The Morgan fingerprint density at radius 2 is 2.00 bits per heavy atom. The topological polar surface area (TPSA) is 72.0 Å². The van der Waals surface area contributed by atoms with E-state index in [1.54, 1.807) is 0 Å². The zero-order valence-electron chi connectivity index (χ0n) is 18.9. The minimum absolute atomic E-state index is 0.0317. The van der Waals surface area contributed by atoms with E-state index in [1.807, 2.05) is 24.3 Å². The van der Waals surface area contributed by atoms with Crippen LogP contribution in [0.15, 0.2) is 64.4 Å². The summed E-state index contributed by atoms with van der Waals surface area (Å²) in [4.78, 5) is 14.6. The molecule has 3 heterocycles. The van der Waals surface area contributed by atoms with Gasteiger partial charge in [-0.3, -0.25) is 10.2 Å². The van der Waals surface area contributed by atoms with Crippen LogP contribution < -0.4 is 16.2 Å². The lowest BCUT2D eigenvalue weighted by molar-refractivity contribution is -0.121. The summed E-state index contributed by atoms with van der Waals surface area (Å²) in [5.74, 6) is 0.939. The molecule has 0 bridgehead atoms. The minimum Gasteiger partial charge on any atom is -0.352 e. The van der Waals surface area contributed by atoms with Crippen LogP contribution in [0, 0.1) is 13.8 Å². The van der Waals surface area contributed by atoms with Crippen molar-refractivity contribution in [1.29, 1.82) is 0 Å². The van der Waals surface area contributed by atoms with Crippen molar-refractivity contribution in [3.63, 3.8) is 0 Å². The number of amides is 1. The molecule has 0 aliphatic carbocycles. The first-order chi connectivity index (χ1) is 16.0. The van der Waals surface area contributed by atoms with Crippen molar-refractivity contribution < 1.29 is 4.79 Å². The lowest BCUT2D eigenvalue weighted by atomic mass is 9.95. The van der Waals surface area contributed by atoms with Crippen molar-refractivity contribution >= 4 is 27.7 Å². The maximum atomic E-state index is 12.4. The van der Waals surface area contributed by atoms with Crippen LogP contribution in [0.2, 0.25) is 0 Å². The van der Waals surface area contributed by atoms with E-state index in [2.05, 4.69) is 91.6 Å². The van der Waals surface area contributed by atoms with Gasteiger partial charge >= 0.3 is 0 Å². The maximum Gasteiger partial charge on any atom is 0.220 e. The summed E-state index contributed by atoms with van der Waals surface area (Å²) in [6.45, 7) is 4.85. The summed E-state index contributed by atoms with van der Waals surface area (Å²) < 4.78 is 1.03. The van der Waals surface area contributed by atoms with Gasteiger partial charge in [-0.25, -0.2) is 5.43 Å². The normalized spacial score (nSPS) is 23.1. The Balaban J connectivity index is 1.16. The fourth-order valence-corrected chi connectivity index (χ4v) is 5.03. The highest BCUT2D eigenvalue weighted by molar-refractivity contribution is 9.10. The van der Waals surface area contributed by atoms with Crippen molar-refractivity contribution in [2.24, 2.45) is 5.10 Å². The van der Waals surface area contributed by atoms with Gasteiger partial charge in [0.25, 0.3) is 0 Å². The Labute approximate surface area is 203 Å². The second-order valence-corrected chi connectivity index (χ2v) is 9.88. The highest BCUT2D eigenvalue weighted by atomic mass is 79.9. The SMILES string of the molecule is Cc1ccc(C)c(C2CC3C4NN=C(CCC(=O)NCc5ccc(Br)cc5)N4C=CN3N2)c1. The number of aryl methyl sites for hydroxylation is 2. The van der Waals surface area contributed by atoms with Gasteiger partial charge in [-0.15, -0.1) is 0 Å². The summed E-state index contributed by atoms with van der Waals surface area (Å²) in [7, 11) is 0. The molecule has 3 aliphatic heterocycles. The van der Waals surface area contributed by atoms with Gasteiger partial charge in [0.2, 0.25) is 5.91 Å². The molecule has 0 aromatic heterocycles. The average molecular weight is 509 g/mol. The molecular weight excluding hydrogens is 480 g/mol. The number of nitrogens with zero attached hydrogens (tertiary/aromatic N) is 3. The lowest BCUT2D eigenvalue weighted by Crippen LogP contribution is -2.54. The molecule has 33 heavy (non-hydrogen) atoms. The van der Waals surface area contributed by atoms with Gasteiger partial charge in [-0.1, -0.05) is 51.8 Å². The van der Waals surface area contributed by atoms with Gasteiger partial charge in [0.1, 0.15) is 12.0 Å². The molecule has 3 aliphatic rings. The molecule has 3 unspecified atom stereocenters. The Morgan fingerprint density at radius 1 is 1.18 bits per heavy atom. The number of hydrazine groups is 1. The molecule has 2 aromatic carbocycles. The molecule has 0 saturated carbocycles. The Hall–Kier alpha value is -2.84. The molecule has 1 saturated heterocycles. The van der Waals surface area contributed by atoms with E-state index < -0.39 is 0 Å². The third-order valence-electron chi connectivity index (χ3n) is 6.60. The number of benzene rings is 2. The van der Waals surface area contributed by atoms with Crippen LogP contribution >= 0.6 is 15.9 Å². The summed E-state index contributed by atoms with van der Waals surface area (Å²) in [6.07, 6.45) is 6.20. The molecule has 172 valence electrons.